The van der Waals surface area contributed by atoms with Gasteiger partial charge in [0.05, 0.1) is 23.1 Å². The number of carbonyl (C=O) groups is 2. The fraction of sp³-hybridized carbons (Fsp3) is 0.167. The van der Waals surface area contributed by atoms with Gasteiger partial charge in [-0.3, -0.25) is 18.7 Å². The number of benzene rings is 1. The van der Waals surface area contributed by atoms with Crippen molar-refractivity contribution in [3.05, 3.63) is 83.8 Å². The number of carbonyl (C=O) groups excluding carboxylic acids is 2. The molecule has 0 aliphatic rings. The summed E-state index contributed by atoms with van der Waals surface area (Å²) in [6.45, 7) is 2.17. The first-order valence-corrected chi connectivity index (χ1v) is 11.0. The summed E-state index contributed by atoms with van der Waals surface area (Å²) >= 11 is 0. The minimum absolute atomic E-state index is 0.110. The topological polar surface area (TPSA) is 132 Å². The standard InChI is InChI=1S/C24H22N8O3/c1-3-18-16(14-35-30-18)11-25-22(33)17-12-26-31(2)21(17)23(34)28-20-9-10-32-13-19(27-24(32)29-20)15-7-5-4-6-8-15/h4-10,12-14H,3,11H2,1-2H3,(H,25,33)(H,27,28,29,34). The third kappa shape index (κ3) is 4.38. The van der Waals surface area contributed by atoms with Crippen LogP contribution in [0.1, 0.15) is 39.0 Å². The molecule has 0 atom stereocenters. The molecular weight excluding hydrogens is 448 g/mol. The number of aromatic nitrogens is 6. The highest BCUT2D eigenvalue weighted by molar-refractivity contribution is 6.10. The van der Waals surface area contributed by atoms with Crippen molar-refractivity contribution in [3.8, 4) is 11.3 Å². The summed E-state index contributed by atoms with van der Waals surface area (Å²) in [4.78, 5) is 34.9. The summed E-state index contributed by atoms with van der Waals surface area (Å²) < 4.78 is 8.09. The lowest BCUT2D eigenvalue weighted by Gasteiger charge is -2.08. The Morgan fingerprint density at radius 1 is 1.09 bits per heavy atom. The van der Waals surface area contributed by atoms with Crippen molar-refractivity contribution in [2.45, 2.75) is 19.9 Å². The summed E-state index contributed by atoms with van der Waals surface area (Å²) in [5.41, 5.74) is 3.54. The van der Waals surface area contributed by atoms with Gasteiger partial charge in [-0.1, -0.05) is 42.4 Å². The molecule has 0 fully saturated rings. The van der Waals surface area contributed by atoms with Crippen molar-refractivity contribution >= 4 is 23.4 Å². The van der Waals surface area contributed by atoms with Crippen LogP contribution in [0.4, 0.5) is 5.82 Å². The van der Waals surface area contributed by atoms with Crippen LogP contribution < -0.4 is 10.6 Å². The third-order valence-corrected chi connectivity index (χ3v) is 5.54. The second-order valence-corrected chi connectivity index (χ2v) is 7.82. The van der Waals surface area contributed by atoms with Crippen LogP contribution in [-0.2, 0) is 20.0 Å². The maximum Gasteiger partial charge on any atom is 0.275 e. The lowest BCUT2D eigenvalue weighted by molar-refractivity contribution is 0.0936. The van der Waals surface area contributed by atoms with Gasteiger partial charge in [-0.05, 0) is 12.5 Å². The molecule has 2 N–H and O–H groups in total. The molecule has 0 radical (unpaired) electrons. The molecule has 4 heterocycles. The Hall–Kier alpha value is -4.80. The molecule has 5 rings (SSSR count). The Bertz CT molecular complexity index is 1520. The lowest BCUT2D eigenvalue weighted by Crippen LogP contribution is -2.27. The molecule has 35 heavy (non-hydrogen) atoms. The first-order valence-electron chi connectivity index (χ1n) is 11.0. The zero-order chi connectivity index (χ0) is 24.4. The average Bonchev–Trinajstić information content (AvgIpc) is 3.60. The highest BCUT2D eigenvalue weighted by atomic mass is 16.5. The first kappa shape index (κ1) is 22.0. The van der Waals surface area contributed by atoms with E-state index >= 15 is 0 Å². The number of amides is 2. The van der Waals surface area contributed by atoms with E-state index in [1.165, 1.54) is 17.1 Å². The van der Waals surface area contributed by atoms with Crippen LogP contribution in [0.3, 0.4) is 0 Å². The zero-order valence-electron chi connectivity index (χ0n) is 19.1. The number of aryl methyl sites for hydroxylation is 2. The largest absolute Gasteiger partial charge is 0.364 e. The Labute approximate surface area is 199 Å². The number of nitrogens with one attached hydrogen (secondary N) is 2. The van der Waals surface area contributed by atoms with E-state index < -0.39 is 11.8 Å². The number of hydrogen-bond acceptors (Lipinski definition) is 7. The van der Waals surface area contributed by atoms with Crippen LogP contribution >= 0.6 is 0 Å². The third-order valence-electron chi connectivity index (χ3n) is 5.54. The Morgan fingerprint density at radius 2 is 1.91 bits per heavy atom. The summed E-state index contributed by atoms with van der Waals surface area (Å²) in [6.07, 6.45) is 7.17. The van der Waals surface area contributed by atoms with E-state index in [2.05, 4.69) is 30.9 Å². The van der Waals surface area contributed by atoms with Crippen LogP contribution in [0.25, 0.3) is 17.0 Å². The smallest absolute Gasteiger partial charge is 0.275 e. The van der Waals surface area contributed by atoms with E-state index in [9.17, 15) is 9.59 Å². The van der Waals surface area contributed by atoms with Gasteiger partial charge in [-0.25, -0.2) is 4.98 Å². The van der Waals surface area contributed by atoms with E-state index in [0.29, 0.717) is 18.0 Å². The molecular formula is C24H22N8O3. The highest BCUT2D eigenvalue weighted by Crippen LogP contribution is 2.19. The van der Waals surface area contributed by atoms with Crippen molar-refractivity contribution in [1.82, 2.24) is 34.6 Å². The van der Waals surface area contributed by atoms with E-state index in [1.54, 1.807) is 23.7 Å². The average molecular weight is 470 g/mol. The number of imidazole rings is 1. The van der Waals surface area contributed by atoms with Crippen molar-refractivity contribution < 1.29 is 14.1 Å². The maximum atomic E-state index is 13.1. The Balaban J connectivity index is 1.33. The van der Waals surface area contributed by atoms with Gasteiger partial charge in [0, 0.05) is 37.1 Å². The fourth-order valence-electron chi connectivity index (χ4n) is 3.72. The van der Waals surface area contributed by atoms with Gasteiger partial charge < -0.3 is 15.2 Å². The summed E-state index contributed by atoms with van der Waals surface area (Å²) in [6, 6.07) is 11.4. The van der Waals surface area contributed by atoms with Crippen molar-refractivity contribution in [3.63, 3.8) is 0 Å². The number of anilines is 1. The predicted molar refractivity (Wildman–Crippen MR) is 127 cm³/mol. The predicted octanol–water partition coefficient (Wildman–Crippen LogP) is 2.86. The molecule has 11 nitrogen and oxygen atoms in total. The number of rotatable bonds is 7. The second-order valence-electron chi connectivity index (χ2n) is 7.82. The van der Waals surface area contributed by atoms with Gasteiger partial charge in [0.25, 0.3) is 11.8 Å². The lowest BCUT2D eigenvalue weighted by atomic mass is 10.2. The van der Waals surface area contributed by atoms with Gasteiger partial charge in [0.15, 0.2) is 0 Å². The minimum Gasteiger partial charge on any atom is -0.364 e. The molecule has 0 bridgehead atoms. The molecule has 2 amide bonds. The molecule has 0 spiro atoms. The van der Waals surface area contributed by atoms with E-state index in [0.717, 1.165) is 22.5 Å². The highest BCUT2D eigenvalue weighted by Gasteiger charge is 2.23. The van der Waals surface area contributed by atoms with Crippen LogP contribution in [0.5, 0.6) is 0 Å². The van der Waals surface area contributed by atoms with Gasteiger partial charge in [-0.15, -0.1) is 0 Å². The molecule has 5 aromatic rings. The summed E-state index contributed by atoms with van der Waals surface area (Å²) in [5.74, 6) is -0.209. The molecule has 0 saturated carbocycles. The maximum absolute atomic E-state index is 13.1. The monoisotopic (exact) mass is 470 g/mol. The molecule has 176 valence electrons. The van der Waals surface area contributed by atoms with Gasteiger partial charge in [0.1, 0.15) is 17.8 Å². The molecule has 0 saturated heterocycles. The molecule has 0 unspecified atom stereocenters. The van der Waals surface area contributed by atoms with E-state index in [-0.39, 0.29) is 17.8 Å². The van der Waals surface area contributed by atoms with Crippen LogP contribution in [0.2, 0.25) is 0 Å². The number of fused-ring (bicyclic) bond motifs is 1. The molecule has 0 aliphatic carbocycles. The van der Waals surface area contributed by atoms with Crippen LogP contribution in [0, 0.1) is 0 Å². The first-order chi connectivity index (χ1) is 17.0. The Morgan fingerprint density at radius 3 is 2.71 bits per heavy atom. The normalized spacial score (nSPS) is 11.0. The Kier molecular flexibility index (Phi) is 5.80. The van der Waals surface area contributed by atoms with E-state index in [4.69, 9.17) is 4.52 Å². The molecule has 11 heteroatoms. The molecule has 1 aromatic carbocycles. The molecule has 0 aliphatic heterocycles. The van der Waals surface area contributed by atoms with Gasteiger partial charge in [0.2, 0.25) is 5.78 Å². The van der Waals surface area contributed by atoms with Crippen molar-refractivity contribution in [1.29, 1.82) is 0 Å². The second kappa shape index (κ2) is 9.21. The quantitative estimate of drug-likeness (QED) is 0.374. The van der Waals surface area contributed by atoms with Gasteiger partial charge in [-0.2, -0.15) is 10.1 Å². The van der Waals surface area contributed by atoms with Crippen molar-refractivity contribution in [2.24, 2.45) is 7.05 Å². The zero-order valence-corrected chi connectivity index (χ0v) is 19.1. The summed E-state index contributed by atoms with van der Waals surface area (Å²) in [5, 5.41) is 13.5. The minimum atomic E-state index is -0.513. The van der Waals surface area contributed by atoms with Crippen molar-refractivity contribution in [2.75, 3.05) is 5.32 Å². The van der Waals surface area contributed by atoms with Gasteiger partial charge >= 0.3 is 0 Å². The van der Waals surface area contributed by atoms with E-state index in [1.807, 2.05) is 43.5 Å². The number of nitrogens with zero attached hydrogens (tertiary/aromatic N) is 6. The fourth-order valence-corrected chi connectivity index (χ4v) is 3.72. The molecule has 4 aromatic heterocycles. The van der Waals surface area contributed by atoms with Crippen LogP contribution in [-0.4, -0.2) is 41.1 Å². The summed E-state index contributed by atoms with van der Waals surface area (Å²) in [7, 11) is 1.60. The number of hydrogen-bond donors (Lipinski definition) is 2. The van der Waals surface area contributed by atoms with Crippen LogP contribution in [0.15, 0.2) is 65.8 Å². The SMILES string of the molecule is CCc1nocc1CNC(=O)c1cnn(C)c1C(=O)Nc1ccn2cc(-c3ccccc3)nc2n1.